The lowest BCUT2D eigenvalue weighted by atomic mass is 10.0. The Morgan fingerprint density at radius 1 is 1.43 bits per heavy atom. The zero-order valence-corrected chi connectivity index (χ0v) is 8.96. The van der Waals surface area contributed by atoms with Crippen LogP contribution in [-0.2, 0) is 0 Å². The van der Waals surface area contributed by atoms with E-state index in [2.05, 4.69) is 0 Å². The minimum atomic E-state index is -0.152. The topological polar surface area (TPSA) is 55.5 Å². The molecule has 3 nitrogen and oxygen atoms in total. The minimum Gasteiger partial charge on any atom is -0.496 e. The Morgan fingerprint density at radius 3 is 2.64 bits per heavy atom. The van der Waals surface area contributed by atoms with Crippen molar-refractivity contribution in [3.63, 3.8) is 0 Å². The molecule has 1 aromatic carbocycles. The molecule has 0 aliphatic rings. The molecule has 1 atom stereocenters. The number of benzene rings is 1. The molecule has 0 amide bonds. The van der Waals surface area contributed by atoms with Crippen LogP contribution in [0.2, 0.25) is 0 Å². The van der Waals surface area contributed by atoms with Crippen LogP contribution in [0.3, 0.4) is 0 Å². The first-order chi connectivity index (χ1) is 6.29. The van der Waals surface area contributed by atoms with Crippen LogP contribution in [0.1, 0.15) is 18.0 Å². The van der Waals surface area contributed by atoms with E-state index in [9.17, 15) is 0 Å². The SMILES string of the molecule is COc1ccccc1[C@@H](N)CCO.Cl. The van der Waals surface area contributed by atoms with Gasteiger partial charge in [-0.2, -0.15) is 0 Å². The second kappa shape index (κ2) is 6.65. The molecular formula is C10H16ClNO2. The van der Waals surface area contributed by atoms with E-state index < -0.39 is 0 Å². The minimum absolute atomic E-state index is 0. The van der Waals surface area contributed by atoms with Crippen LogP contribution in [0.4, 0.5) is 0 Å². The van der Waals surface area contributed by atoms with Crippen molar-refractivity contribution in [3.8, 4) is 5.75 Å². The fourth-order valence-corrected chi connectivity index (χ4v) is 1.27. The van der Waals surface area contributed by atoms with Gasteiger partial charge in [0.25, 0.3) is 0 Å². The molecule has 0 spiro atoms. The first kappa shape index (κ1) is 13.2. The Hall–Kier alpha value is -0.770. The number of methoxy groups -OCH3 is 1. The lowest BCUT2D eigenvalue weighted by Crippen LogP contribution is -2.12. The molecule has 0 aromatic heterocycles. The Morgan fingerprint density at radius 2 is 2.07 bits per heavy atom. The molecule has 3 N–H and O–H groups in total. The van der Waals surface area contributed by atoms with Crippen molar-refractivity contribution in [3.05, 3.63) is 29.8 Å². The van der Waals surface area contributed by atoms with E-state index in [0.717, 1.165) is 11.3 Å². The highest BCUT2D eigenvalue weighted by atomic mass is 35.5. The largest absolute Gasteiger partial charge is 0.496 e. The number of hydrogen-bond acceptors (Lipinski definition) is 3. The Kier molecular flexibility index (Phi) is 6.28. The van der Waals surface area contributed by atoms with Crippen LogP contribution >= 0.6 is 12.4 Å². The van der Waals surface area contributed by atoms with Gasteiger partial charge in [0.15, 0.2) is 0 Å². The standard InChI is InChI=1S/C10H15NO2.ClH/c1-13-10-5-3-2-4-8(10)9(11)6-7-12;/h2-5,9,12H,6-7,11H2,1H3;1H/t9-;/m0./s1. The summed E-state index contributed by atoms with van der Waals surface area (Å²) in [6.07, 6.45) is 0.556. The molecule has 0 aliphatic carbocycles. The van der Waals surface area contributed by atoms with E-state index in [1.54, 1.807) is 7.11 Å². The van der Waals surface area contributed by atoms with Crippen LogP contribution in [0.25, 0.3) is 0 Å². The molecule has 1 rings (SSSR count). The lowest BCUT2D eigenvalue weighted by molar-refractivity contribution is 0.275. The van der Waals surface area contributed by atoms with Gasteiger partial charge >= 0.3 is 0 Å². The Bertz CT molecular complexity index is 268. The van der Waals surface area contributed by atoms with E-state index in [0.29, 0.717) is 6.42 Å². The number of aliphatic hydroxyl groups excluding tert-OH is 1. The predicted molar refractivity (Wildman–Crippen MR) is 58.9 cm³/mol. The second-order valence-electron chi connectivity index (χ2n) is 2.86. The molecule has 0 bridgehead atoms. The number of ether oxygens (including phenoxy) is 1. The van der Waals surface area contributed by atoms with Crippen LogP contribution in [0.15, 0.2) is 24.3 Å². The monoisotopic (exact) mass is 217 g/mol. The first-order valence-electron chi connectivity index (χ1n) is 4.29. The first-order valence-corrected chi connectivity index (χ1v) is 4.29. The molecule has 4 heteroatoms. The highest BCUT2D eigenvalue weighted by Crippen LogP contribution is 2.24. The van der Waals surface area contributed by atoms with E-state index in [-0.39, 0.29) is 25.1 Å². The molecule has 0 unspecified atom stereocenters. The van der Waals surface area contributed by atoms with Crippen LogP contribution in [0, 0.1) is 0 Å². The maximum Gasteiger partial charge on any atom is 0.123 e. The fraction of sp³-hybridized carbons (Fsp3) is 0.400. The molecule has 0 heterocycles. The average Bonchev–Trinajstić information content (AvgIpc) is 2.18. The quantitative estimate of drug-likeness (QED) is 0.804. The second-order valence-corrected chi connectivity index (χ2v) is 2.86. The number of aliphatic hydroxyl groups is 1. The van der Waals surface area contributed by atoms with Gasteiger partial charge in [-0.1, -0.05) is 18.2 Å². The Labute approximate surface area is 90.3 Å². The van der Waals surface area contributed by atoms with E-state index in [1.165, 1.54) is 0 Å². The van der Waals surface area contributed by atoms with Crippen molar-refractivity contribution in [1.29, 1.82) is 0 Å². The molecule has 0 fully saturated rings. The third kappa shape index (κ3) is 3.18. The lowest BCUT2D eigenvalue weighted by Gasteiger charge is -2.13. The normalized spacial score (nSPS) is 11.6. The number of hydrogen-bond donors (Lipinski definition) is 2. The summed E-state index contributed by atoms with van der Waals surface area (Å²) in [5, 5.41) is 8.74. The zero-order valence-electron chi connectivity index (χ0n) is 8.14. The van der Waals surface area contributed by atoms with Crippen LogP contribution in [-0.4, -0.2) is 18.8 Å². The van der Waals surface area contributed by atoms with Gasteiger partial charge in [-0.3, -0.25) is 0 Å². The third-order valence-electron chi connectivity index (χ3n) is 1.98. The van der Waals surface area contributed by atoms with Crippen LogP contribution < -0.4 is 10.5 Å². The van der Waals surface area contributed by atoms with Crippen molar-refractivity contribution in [1.82, 2.24) is 0 Å². The summed E-state index contributed by atoms with van der Waals surface area (Å²) in [6.45, 7) is 0.0964. The summed E-state index contributed by atoms with van der Waals surface area (Å²) < 4.78 is 5.15. The van der Waals surface area contributed by atoms with Crippen molar-refractivity contribution in [2.24, 2.45) is 5.73 Å². The molecule has 0 aliphatic heterocycles. The molecule has 1 aromatic rings. The maximum absolute atomic E-state index is 8.74. The van der Waals surface area contributed by atoms with E-state index in [1.807, 2.05) is 24.3 Å². The zero-order chi connectivity index (χ0) is 9.68. The van der Waals surface area contributed by atoms with Crippen LogP contribution in [0.5, 0.6) is 5.75 Å². The number of rotatable bonds is 4. The average molecular weight is 218 g/mol. The van der Waals surface area contributed by atoms with Gasteiger partial charge in [0.2, 0.25) is 0 Å². The molecule has 0 saturated carbocycles. The van der Waals surface area contributed by atoms with Gasteiger partial charge in [-0.15, -0.1) is 12.4 Å². The maximum atomic E-state index is 8.74. The number of nitrogens with two attached hydrogens (primary N) is 1. The van der Waals surface area contributed by atoms with Crippen molar-refractivity contribution in [2.45, 2.75) is 12.5 Å². The third-order valence-corrected chi connectivity index (χ3v) is 1.98. The molecule has 14 heavy (non-hydrogen) atoms. The fourth-order valence-electron chi connectivity index (χ4n) is 1.27. The molecule has 80 valence electrons. The van der Waals surface area contributed by atoms with Gasteiger partial charge in [0.1, 0.15) is 5.75 Å². The highest BCUT2D eigenvalue weighted by Gasteiger charge is 2.09. The Balaban J connectivity index is 0.00000169. The smallest absolute Gasteiger partial charge is 0.123 e. The van der Waals surface area contributed by atoms with E-state index in [4.69, 9.17) is 15.6 Å². The summed E-state index contributed by atoms with van der Waals surface area (Å²) in [7, 11) is 1.62. The van der Waals surface area contributed by atoms with Gasteiger partial charge in [0, 0.05) is 18.2 Å². The summed E-state index contributed by atoms with van der Waals surface area (Å²) in [6, 6.07) is 7.44. The number of halogens is 1. The highest BCUT2D eigenvalue weighted by molar-refractivity contribution is 5.85. The summed E-state index contributed by atoms with van der Waals surface area (Å²) >= 11 is 0. The summed E-state index contributed by atoms with van der Waals surface area (Å²) in [5.74, 6) is 0.781. The predicted octanol–water partition coefficient (Wildman–Crippen LogP) is 1.50. The van der Waals surface area contributed by atoms with Gasteiger partial charge in [0.05, 0.1) is 7.11 Å². The van der Waals surface area contributed by atoms with Crippen molar-refractivity contribution < 1.29 is 9.84 Å². The van der Waals surface area contributed by atoms with Crippen molar-refractivity contribution >= 4 is 12.4 Å². The molecular weight excluding hydrogens is 202 g/mol. The summed E-state index contributed by atoms with van der Waals surface area (Å²) in [5.41, 5.74) is 6.79. The van der Waals surface area contributed by atoms with Crippen molar-refractivity contribution in [2.75, 3.05) is 13.7 Å². The van der Waals surface area contributed by atoms with Gasteiger partial charge in [-0.05, 0) is 12.5 Å². The molecule has 0 radical (unpaired) electrons. The van der Waals surface area contributed by atoms with E-state index >= 15 is 0 Å². The van der Waals surface area contributed by atoms with Gasteiger partial charge in [-0.25, -0.2) is 0 Å². The summed E-state index contributed by atoms with van der Waals surface area (Å²) in [4.78, 5) is 0. The molecule has 0 saturated heterocycles. The van der Waals surface area contributed by atoms with Gasteiger partial charge < -0.3 is 15.6 Å². The number of para-hydroxylation sites is 1.